The number of benzene rings is 1. The molecule has 0 spiro atoms. The van der Waals surface area contributed by atoms with E-state index in [1.807, 2.05) is 30.3 Å². The van der Waals surface area contributed by atoms with Gasteiger partial charge in [0.05, 0.1) is 5.92 Å². The third kappa shape index (κ3) is 4.17. The minimum absolute atomic E-state index is 0.00119. The van der Waals surface area contributed by atoms with E-state index >= 15 is 0 Å². The minimum atomic E-state index is -0.0665. The van der Waals surface area contributed by atoms with Gasteiger partial charge in [0.2, 0.25) is 0 Å². The van der Waals surface area contributed by atoms with E-state index in [-0.39, 0.29) is 11.9 Å². The van der Waals surface area contributed by atoms with Crippen molar-refractivity contribution in [3.05, 3.63) is 35.9 Å². The molecule has 0 amide bonds. The van der Waals surface area contributed by atoms with Crippen LogP contribution in [0.25, 0.3) is 0 Å². The lowest BCUT2D eigenvalue weighted by atomic mass is 9.83. The summed E-state index contributed by atoms with van der Waals surface area (Å²) in [5.74, 6) is 0.624. The monoisotopic (exact) mass is 248 g/mol. The van der Waals surface area contributed by atoms with E-state index in [1.54, 1.807) is 0 Å². The Hall–Kier alpha value is -1.31. The Morgan fingerprint density at radius 2 is 1.78 bits per heavy atom. The van der Waals surface area contributed by atoms with Gasteiger partial charge in [0.1, 0.15) is 6.61 Å². The molecule has 0 fully saturated rings. The normalized spacial score (nSPS) is 14.3. The lowest BCUT2D eigenvalue weighted by Crippen LogP contribution is -2.28. The van der Waals surface area contributed by atoms with Crippen LogP contribution < -0.4 is 0 Å². The second kappa shape index (κ2) is 7.20. The van der Waals surface area contributed by atoms with Crippen LogP contribution in [0, 0.1) is 17.8 Å². The third-order valence-corrected chi connectivity index (χ3v) is 3.47. The van der Waals surface area contributed by atoms with Crippen LogP contribution in [-0.2, 0) is 16.1 Å². The van der Waals surface area contributed by atoms with Crippen molar-refractivity contribution in [2.24, 2.45) is 17.8 Å². The summed E-state index contributed by atoms with van der Waals surface area (Å²) in [5, 5.41) is 0. The van der Waals surface area contributed by atoms with Crippen molar-refractivity contribution in [1.82, 2.24) is 0 Å². The molecule has 0 heterocycles. The molecule has 0 saturated heterocycles. The number of rotatable bonds is 6. The quantitative estimate of drug-likeness (QED) is 0.710. The molecule has 1 aromatic carbocycles. The van der Waals surface area contributed by atoms with Crippen molar-refractivity contribution in [1.29, 1.82) is 0 Å². The Morgan fingerprint density at radius 1 is 1.17 bits per heavy atom. The summed E-state index contributed by atoms with van der Waals surface area (Å²) in [5.41, 5.74) is 1.04. The van der Waals surface area contributed by atoms with Gasteiger partial charge in [-0.1, -0.05) is 64.4 Å². The van der Waals surface area contributed by atoms with Gasteiger partial charge in [-0.3, -0.25) is 4.79 Å². The van der Waals surface area contributed by atoms with Crippen LogP contribution in [0.15, 0.2) is 30.3 Å². The molecular formula is C16H24O2. The second-order valence-electron chi connectivity index (χ2n) is 5.25. The fourth-order valence-corrected chi connectivity index (χ4v) is 2.24. The smallest absolute Gasteiger partial charge is 0.309 e. The van der Waals surface area contributed by atoms with Crippen molar-refractivity contribution < 1.29 is 9.53 Å². The zero-order valence-electron chi connectivity index (χ0n) is 11.8. The van der Waals surface area contributed by atoms with E-state index in [0.717, 1.165) is 12.0 Å². The molecule has 2 heteroatoms. The number of ether oxygens (including phenoxy) is 1. The Balaban J connectivity index is 2.57. The van der Waals surface area contributed by atoms with E-state index in [9.17, 15) is 4.79 Å². The fourth-order valence-electron chi connectivity index (χ4n) is 2.24. The van der Waals surface area contributed by atoms with E-state index in [0.29, 0.717) is 18.4 Å². The summed E-state index contributed by atoms with van der Waals surface area (Å²) >= 11 is 0. The fraction of sp³-hybridized carbons (Fsp3) is 0.562. The molecule has 18 heavy (non-hydrogen) atoms. The Morgan fingerprint density at radius 3 is 2.28 bits per heavy atom. The Bertz CT molecular complexity index is 357. The summed E-state index contributed by atoms with van der Waals surface area (Å²) in [6.45, 7) is 8.78. The maximum Gasteiger partial charge on any atom is 0.309 e. The molecule has 0 saturated carbocycles. The van der Waals surface area contributed by atoms with Gasteiger partial charge in [-0.2, -0.15) is 0 Å². The molecule has 0 aliphatic carbocycles. The summed E-state index contributed by atoms with van der Waals surface area (Å²) in [6, 6.07) is 9.82. The van der Waals surface area contributed by atoms with E-state index in [1.165, 1.54) is 0 Å². The standard InChI is InChI=1S/C16H24O2/c1-5-13(4)15(12(2)3)16(17)18-11-14-9-7-6-8-10-14/h6-10,12-13,15H,5,11H2,1-4H3/t13?,15-/m0/s1. The molecule has 0 bridgehead atoms. The maximum atomic E-state index is 12.1. The predicted molar refractivity (Wildman–Crippen MR) is 74.0 cm³/mol. The number of hydrogen-bond donors (Lipinski definition) is 0. The highest BCUT2D eigenvalue weighted by Crippen LogP contribution is 2.25. The zero-order valence-corrected chi connectivity index (χ0v) is 11.8. The lowest BCUT2D eigenvalue weighted by Gasteiger charge is -2.24. The van der Waals surface area contributed by atoms with Gasteiger partial charge in [-0.25, -0.2) is 0 Å². The SMILES string of the molecule is CCC(C)[C@@H](C(=O)OCc1ccccc1)C(C)C. The van der Waals surface area contributed by atoms with Crippen molar-refractivity contribution in [3.8, 4) is 0 Å². The molecule has 0 radical (unpaired) electrons. The first-order valence-corrected chi connectivity index (χ1v) is 6.76. The topological polar surface area (TPSA) is 26.3 Å². The summed E-state index contributed by atoms with van der Waals surface area (Å²) < 4.78 is 5.44. The van der Waals surface area contributed by atoms with Crippen molar-refractivity contribution in [2.75, 3.05) is 0 Å². The molecule has 1 rings (SSSR count). The largest absolute Gasteiger partial charge is 0.461 e. The van der Waals surface area contributed by atoms with Crippen LogP contribution in [0.5, 0.6) is 0 Å². The molecule has 1 unspecified atom stereocenters. The van der Waals surface area contributed by atoms with Crippen LogP contribution in [0.2, 0.25) is 0 Å². The Labute approximate surface area is 110 Å². The summed E-state index contributed by atoms with van der Waals surface area (Å²) in [4.78, 5) is 12.1. The molecule has 0 N–H and O–H groups in total. The first-order chi connectivity index (χ1) is 8.56. The van der Waals surface area contributed by atoms with Crippen LogP contribution in [0.1, 0.15) is 39.7 Å². The average Bonchev–Trinajstić information content (AvgIpc) is 2.37. The van der Waals surface area contributed by atoms with Gasteiger partial charge in [-0.05, 0) is 17.4 Å². The maximum absolute atomic E-state index is 12.1. The molecule has 100 valence electrons. The van der Waals surface area contributed by atoms with Crippen LogP contribution in [-0.4, -0.2) is 5.97 Å². The van der Waals surface area contributed by atoms with Crippen LogP contribution in [0.4, 0.5) is 0 Å². The van der Waals surface area contributed by atoms with E-state index < -0.39 is 0 Å². The number of carbonyl (C=O) groups excluding carboxylic acids is 1. The molecule has 2 atom stereocenters. The van der Waals surface area contributed by atoms with Crippen molar-refractivity contribution in [3.63, 3.8) is 0 Å². The van der Waals surface area contributed by atoms with E-state index in [4.69, 9.17) is 4.74 Å². The Kier molecular flexibility index (Phi) is 5.90. The van der Waals surface area contributed by atoms with Gasteiger partial charge >= 0.3 is 5.97 Å². The zero-order chi connectivity index (χ0) is 13.5. The van der Waals surface area contributed by atoms with E-state index in [2.05, 4.69) is 27.7 Å². The highest BCUT2D eigenvalue weighted by Gasteiger charge is 2.28. The molecule has 2 nitrogen and oxygen atoms in total. The molecule has 0 aromatic heterocycles. The number of esters is 1. The molecular weight excluding hydrogens is 224 g/mol. The van der Waals surface area contributed by atoms with Gasteiger partial charge in [0.15, 0.2) is 0 Å². The van der Waals surface area contributed by atoms with Crippen molar-refractivity contribution >= 4 is 5.97 Å². The van der Waals surface area contributed by atoms with Gasteiger partial charge < -0.3 is 4.74 Å². The highest BCUT2D eigenvalue weighted by molar-refractivity contribution is 5.73. The average molecular weight is 248 g/mol. The molecule has 0 aliphatic rings. The summed E-state index contributed by atoms with van der Waals surface area (Å²) in [7, 11) is 0. The van der Waals surface area contributed by atoms with Crippen LogP contribution >= 0.6 is 0 Å². The summed E-state index contributed by atoms with van der Waals surface area (Å²) in [6.07, 6.45) is 1.00. The molecule has 1 aromatic rings. The first-order valence-electron chi connectivity index (χ1n) is 6.76. The van der Waals surface area contributed by atoms with Gasteiger partial charge in [0.25, 0.3) is 0 Å². The van der Waals surface area contributed by atoms with Gasteiger partial charge in [-0.15, -0.1) is 0 Å². The minimum Gasteiger partial charge on any atom is -0.461 e. The number of carbonyl (C=O) groups is 1. The first kappa shape index (κ1) is 14.7. The lowest BCUT2D eigenvalue weighted by molar-refractivity contribution is -0.153. The van der Waals surface area contributed by atoms with Crippen molar-refractivity contribution in [2.45, 2.75) is 40.7 Å². The highest BCUT2D eigenvalue weighted by atomic mass is 16.5. The number of hydrogen-bond acceptors (Lipinski definition) is 2. The second-order valence-corrected chi connectivity index (χ2v) is 5.25. The van der Waals surface area contributed by atoms with Gasteiger partial charge in [0, 0.05) is 0 Å². The third-order valence-electron chi connectivity index (χ3n) is 3.47. The predicted octanol–water partition coefficient (Wildman–Crippen LogP) is 4.05. The molecule has 0 aliphatic heterocycles. The van der Waals surface area contributed by atoms with Crippen LogP contribution in [0.3, 0.4) is 0 Å².